The number of carbonyl (C=O) groups excluding carboxylic acids is 1. The van der Waals surface area contributed by atoms with Crippen molar-refractivity contribution in [3.05, 3.63) is 63.7 Å². The second-order valence-electron chi connectivity index (χ2n) is 6.64. The fraction of sp³-hybridized carbons (Fsp3) is 0.190. The molecular weight excluding hydrogens is 424 g/mol. The molecule has 0 saturated heterocycles. The van der Waals surface area contributed by atoms with Gasteiger partial charge in [0.2, 0.25) is 5.91 Å². The van der Waals surface area contributed by atoms with Gasteiger partial charge in [-0.3, -0.25) is 14.5 Å². The number of nitrogens with zero attached hydrogens (tertiary/aromatic N) is 3. The number of rotatable bonds is 6. The van der Waals surface area contributed by atoms with E-state index in [1.165, 1.54) is 34.3 Å². The molecule has 0 saturated carbocycles. The molecule has 1 atom stereocenters. The van der Waals surface area contributed by atoms with Crippen LogP contribution in [0, 0.1) is 0 Å². The monoisotopic (exact) mass is 442 g/mol. The predicted octanol–water partition coefficient (Wildman–Crippen LogP) is 6.34. The fourth-order valence-electron chi connectivity index (χ4n) is 2.91. The normalized spacial score (nSPS) is 12.7. The summed E-state index contributed by atoms with van der Waals surface area (Å²) < 4.78 is 1.85. The van der Waals surface area contributed by atoms with E-state index in [0.29, 0.717) is 21.9 Å². The van der Waals surface area contributed by atoms with Crippen LogP contribution in [0.2, 0.25) is 5.15 Å². The van der Waals surface area contributed by atoms with Crippen LogP contribution in [0.1, 0.15) is 37.4 Å². The summed E-state index contributed by atoms with van der Waals surface area (Å²) in [6, 6.07) is 8.44. The van der Waals surface area contributed by atoms with Gasteiger partial charge >= 0.3 is 0 Å². The number of hydrogen-bond acceptors (Lipinski definition) is 5. The highest BCUT2D eigenvalue weighted by atomic mass is 35.5. The second kappa shape index (κ2) is 8.49. The third kappa shape index (κ3) is 4.27. The van der Waals surface area contributed by atoms with E-state index in [-0.39, 0.29) is 5.91 Å². The van der Waals surface area contributed by atoms with Gasteiger partial charge in [-0.15, -0.1) is 22.7 Å². The van der Waals surface area contributed by atoms with E-state index < -0.39 is 0 Å². The first-order chi connectivity index (χ1) is 14.0. The molecule has 0 aliphatic heterocycles. The molecular formula is C21H19ClN4OS2. The Morgan fingerprint density at radius 3 is 2.83 bits per heavy atom. The minimum absolute atomic E-state index is 0.265. The molecule has 0 bridgehead atoms. The molecule has 0 fully saturated rings. The molecule has 4 rings (SSSR count). The van der Waals surface area contributed by atoms with Crippen LogP contribution < -0.4 is 5.32 Å². The van der Waals surface area contributed by atoms with E-state index in [2.05, 4.69) is 53.4 Å². The Hall–Kier alpha value is -2.48. The summed E-state index contributed by atoms with van der Waals surface area (Å²) in [6.07, 6.45) is 6.08. The number of amides is 1. The Bertz CT molecular complexity index is 1170. The Balaban J connectivity index is 1.44. The van der Waals surface area contributed by atoms with Crippen molar-refractivity contribution in [2.24, 2.45) is 0 Å². The van der Waals surface area contributed by atoms with E-state index >= 15 is 0 Å². The Morgan fingerprint density at radius 2 is 2.07 bits per heavy atom. The fourth-order valence-corrected chi connectivity index (χ4v) is 4.64. The smallest absolute Gasteiger partial charge is 0.250 e. The van der Waals surface area contributed by atoms with Crippen LogP contribution in [0.3, 0.4) is 0 Å². The van der Waals surface area contributed by atoms with Gasteiger partial charge in [0.15, 0.2) is 15.2 Å². The molecule has 0 radical (unpaired) electrons. The van der Waals surface area contributed by atoms with E-state index in [0.717, 1.165) is 22.6 Å². The SMILES string of the molecule is CCC(C)c1ccc(-c2csc(NC(=O)/C=C/c3c(Cl)nc4sccn34)n2)cc1. The van der Waals surface area contributed by atoms with Crippen molar-refractivity contribution in [1.29, 1.82) is 0 Å². The molecule has 0 spiro atoms. The van der Waals surface area contributed by atoms with E-state index in [1.807, 2.05) is 21.4 Å². The zero-order valence-electron chi connectivity index (χ0n) is 15.9. The summed E-state index contributed by atoms with van der Waals surface area (Å²) in [5.41, 5.74) is 3.89. The number of nitrogens with one attached hydrogen (secondary N) is 1. The third-order valence-corrected chi connectivity index (χ3v) is 6.56. The van der Waals surface area contributed by atoms with Crippen LogP contribution in [0.15, 0.2) is 47.3 Å². The largest absolute Gasteiger partial charge is 0.298 e. The highest BCUT2D eigenvalue weighted by Gasteiger charge is 2.10. The van der Waals surface area contributed by atoms with Crippen LogP contribution in [-0.4, -0.2) is 20.3 Å². The van der Waals surface area contributed by atoms with Gasteiger partial charge in [-0.2, -0.15) is 0 Å². The van der Waals surface area contributed by atoms with Gasteiger partial charge < -0.3 is 0 Å². The lowest BCUT2D eigenvalue weighted by molar-refractivity contribution is -0.111. The van der Waals surface area contributed by atoms with Crippen molar-refractivity contribution in [3.8, 4) is 11.3 Å². The second-order valence-corrected chi connectivity index (χ2v) is 8.72. The highest BCUT2D eigenvalue weighted by molar-refractivity contribution is 7.15. The molecule has 0 aliphatic rings. The lowest BCUT2D eigenvalue weighted by Gasteiger charge is -2.08. The van der Waals surface area contributed by atoms with Crippen molar-refractivity contribution in [3.63, 3.8) is 0 Å². The molecule has 5 nitrogen and oxygen atoms in total. The van der Waals surface area contributed by atoms with Gasteiger partial charge in [-0.25, -0.2) is 9.97 Å². The minimum atomic E-state index is -0.265. The highest BCUT2D eigenvalue weighted by Crippen LogP contribution is 2.27. The average Bonchev–Trinajstić information content (AvgIpc) is 3.43. The molecule has 1 aromatic carbocycles. The summed E-state index contributed by atoms with van der Waals surface area (Å²) >= 11 is 9.03. The lowest BCUT2D eigenvalue weighted by atomic mass is 9.97. The molecule has 29 heavy (non-hydrogen) atoms. The van der Waals surface area contributed by atoms with Crippen LogP contribution in [0.25, 0.3) is 22.3 Å². The van der Waals surface area contributed by atoms with Crippen LogP contribution in [-0.2, 0) is 4.79 Å². The molecule has 148 valence electrons. The predicted molar refractivity (Wildman–Crippen MR) is 122 cm³/mol. The number of carbonyl (C=O) groups is 1. The maximum Gasteiger partial charge on any atom is 0.250 e. The van der Waals surface area contributed by atoms with Crippen molar-refractivity contribution in [1.82, 2.24) is 14.4 Å². The lowest BCUT2D eigenvalue weighted by Crippen LogP contribution is -2.07. The zero-order chi connectivity index (χ0) is 20.4. The van der Waals surface area contributed by atoms with Crippen molar-refractivity contribution in [2.45, 2.75) is 26.2 Å². The number of halogens is 1. The Labute approximate surface area is 181 Å². The molecule has 0 aliphatic carbocycles. The van der Waals surface area contributed by atoms with Gasteiger partial charge in [0.05, 0.1) is 11.4 Å². The van der Waals surface area contributed by atoms with Crippen LogP contribution >= 0.6 is 34.3 Å². The van der Waals surface area contributed by atoms with Gasteiger partial charge in [0.25, 0.3) is 0 Å². The maximum absolute atomic E-state index is 12.3. The van der Waals surface area contributed by atoms with E-state index in [1.54, 1.807) is 6.08 Å². The number of thiazole rings is 2. The molecule has 1 N–H and O–H groups in total. The molecule has 8 heteroatoms. The number of hydrogen-bond donors (Lipinski definition) is 1. The number of fused-ring (bicyclic) bond motifs is 1. The van der Waals surface area contributed by atoms with Crippen molar-refractivity contribution < 1.29 is 4.79 Å². The van der Waals surface area contributed by atoms with Gasteiger partial charge in [-0.1, -0.05) is 49.7 Å². The summed E-state index contributed by atoms with van der Waals surface area (Å²) in [5, 5.41) is 7.60. The van der Waals surface area contributed by atoms with E-state index in [9.17, 15) is 4.79 Å². The zero-order valence-corrected chi connectivity index (χ0v) is 18.3. The summed E-state index contributed by atoms with van der Waals surface area (Å²) in [5.74, 6) is 0.278. The number of aromatic nitrogens is 3. The Morgan fingerprint density at radius 1 is 1.28 bits per heavy atom. The third-order valence-electron chi connectivity index (χ3n) is 4.77. The maximum atomic E-state index is 12.3. The average molecular weight is 443 g/mol. The molecule has 1 unspecified atom stereocenters. The van der Waals surface area contributed by atoms with Crippen LogP contribution in [0.5, 0.6) is 0 Å². The van der Waals surface area contributed by atoms with Gasteiger partial charge in [-0.05, 0) is 24.0 Å². The number of anilines is 1. The molecule has 3 aromatic heterocycles. The quantitative estimate of drug-likeness (QED) is 0.354. The molecule has 1 amide bonds. The first-order valence-corrected chi connectivity index (χ1v) is 11.3. The Kier molecular flexibility index (Phi) is 5.80. The standard InChI is InChI=1S/C21H19ClN4OS2/c1-3-13(2)14-4-6-15(7-5-14)16-12-29-20(23-16)24-18(27)9-8-17-19(22)25-21-26(17)10-11-28-21/h4-13H,3H2,1-2H3,(H,23,24,27)/b9-8+. The topological polar surface area (TPSA) is 59.3 Å². The minimum Gasteiger partial charge on any atom is -0.298 e. The number of imidazole rings is 1. The number of benzene rings is 1. The summed E-state index contributed by atoms with van der Waals surface area (Å²) in [7, 11) is 0. The summed E-state index contributed by atoms with van der Waals surface area (Å²) in [4.78, 5) is 21.9. The van der Waals surface area contributed by atoms with Crippen molar-refractivity contribution in [2.75, 3.05) is 5.32 Å². The van der Waals surface area contributed by atoms with Gasteiger partial charge in [0, 0.05) is 28.6 Å². The van der Waals surface area contributed by atoms with Crippen LogP contribution in [0.4, 0.5) is 5.13 Å². The first-order valence-electron chi connectivity index (χ1n) is 9.21. The van der Waals surface area contributed by atoms with Gasteiger partial charge in [0.1, 0.15) is 0 Å². The molecule has 3 heterocycles. The first kappa shape index (κ1) is 19.8. The summed E-state index contributed by atoms with van der Waals surface area (Å²) in [6.45, 7) is 4.41. The van der Waals surface area contributed by atoms with Crippen molar-refractivity contribution >= 4 is 56.4 Å². The molecule has 4 aromatic rings. The van der Waals surface area contributed by atoms with E-state index in [4.69, 9.17) is 11.6 Å².